The topological polar surface area (TPSA) is 93.5 Å². The van der Waals surface area contributed by atoms with E-state index >= 15 is 0 Å². The second kappa shape index (κ2) is 8.49. The molecule has 3 heterocycles. The summed E-state index contributed by atoms with van der Waals surface area (Å²) in [4.78, 5) is 12.4. The second-order valence-corrected chi connectivity index (χ2v) is 9.18. The third-order valence-electron chi connectivity index (χ3n) is 5.06. The van der Waals surface area contributed by atoms with E-state index in [0.29, 0.717) is 32.0 Å². The SMILES string of the molecule is CCCS(=O)(=O)N1Cc2ccnn2[C@@H](CC(=O)NCC2CCOCC2)C1. The first-order valence-electron chi connectivity index (χ1n) is 9.34. The summed E-state index contributed by atoms with van der Waals surface area (Å²) in [6.45, 7) is 4.63. The molecule has 1 saturated heterocycles. The van der Waals surface area contributed by atoms with Crippen molar-refractivity contribution < 1.29 is 17.9 Å². The lowest BCUT2D eigenvalue weighted by Crippen LogP contribution is -2.44. The number of carbonyl (C=O) groups excluding carboxylic acids is 1. The van der Waals surface area contributed by atoms with Crippen LogP contribution in [-0.4, -0.2) is 60.5 Å². The van der Waals surface area contributed by atoms with Crippen molar-refractivity contribution in [1.29, 1.82) is 0 Å². The summed E-state index contributed by atoms with van der Waals surface area (Å²) in [5, 5.41) is 7.30. The average molecular weight is 385 g/mol. The molecule has 1 fully saturated rings. The van der Waals surface area contributed by atoms with E-state index in [2.05, 4.69) is 10.4 Å². The molecule has 2 aliphatic rings. The molecule has 0 radical (unpaired) electrons. The van der Waals surface area contributed by atoms with Crippen molar-refractivity contribution in [3.8, 4) is 0 Å². The number of hydrogen-bond acceptors (Lipinski definition) is 5. The molecule has 0 aliphatic carbocycles. The molecule has 1 aromatic rings. The van der Waals surface area contributed by atoms with Gasteiger partial charge in [-0.15, -0.1) is 0 Å². The Labute approximate surface area is 154 Å². The molecule has 9 heteroatoms. The molecule has 3 rings (SSSR count). The molecule has 1 N–H and O–H groups in total. The molecule has 26 heavy (non-hydrogen) atoms. The lowest BCUT2D eigenvalue weighted by Gasteiger charge is -2.33. The van der Waals surface area contributed by atoms with Crippen LogP contribution in [-0.2, 0) is 26.1 Å². The van der Waals surface area contributed by atoms with Crippen LogP contribution in [0.15, 0.2) is 12.3 Å². The highest BCUT2D eigenvalue weighted by atomic mass is 32.2. The van der Waals surface area contributed by atoms with Gasteiger partial charge in [0.1, 0.15) is 0 Å². The summed E-state index contributed by atoms with van der Waals surface area (Å²) in [6, 6.07) is 1.55. The van der Waals surface area contributed by atoms with E-state index in [1.807, 2.05) is 13.0 Å². The van der Waals surface area contributed by atoms with Gasteiger partial charge in [0.15, 0.2) is 0 Å². The molecule has 1 atom stereocenters. The van der Waals surface area contributed by atoms with Gasteiger partial charge in [-0.2, -0.15) is 9.40 Å². The molecule has 0 unspecified atom stereocenters. The Morgan fingerprint density at radius 1 is 1.38 bits per heavy atom. The Kier molecular flexibility index (Phi) is 6.31. The zero-order chi connectivity index (χ0) is 18.6. The number of ether oxygens (including phenoxy) is 1. The summed E-state index contributed by atoms with van der Waals surface area (Å²) in [5.41, 5.74) is 0.832. The number of nitrogens with zero attached hydrogens (tertiary/aromatic N) is 3. The molecular formula is C17H28N4O4S. The van der Waals surface area contributed by atoms with Crippen molar-refractivity contribution in [3.05, 3.63) is 18.0 Å². The Bertz CT molecular complexity index is 712. The first kappa shape index (κ1) is 19.3. The van der Waals surface area contributed by atoms with Crippen molar-refractivity contribution >= 4 is 15.9 Å². The van der Waals surface area contributed by atoms with Gasteiger partial charge in [0, 0.05) is 32.5 Å². The summed E-state index contributed by atoms with van der Waals surface area (Å²) in [5.74, 6) is 0.530. The van der Waals surface area contributed by atoms with Gasteiger partial charge in [-0.1, -0.05) is 6.92 Å². The fourth-order valence-electron chi connectivity index (χ4n) is 3.60. The predicted molar refractivity (Wildman–Crippen MR) is 96.9 cm³/mol. The highest BCUT2D eigenvalue weighted by Crippen LogP contribution is 2.25. The fourth-order valence-corrected chi connectivity index (χ4v) is 5.10. The zero-order valence-corrected chi connectivity index (χ0v) is 16.1. The monoisotopic (exact) mass is 384 g/mol. The quantitative estimate of drug-likeness (QED) is 0.754. The Morgan fingerprint density at radius 2 is 2.15 bits per heavy atom. The van der Waals surface area contributed by atoms with Crippen LogP contribution in [0.3, 0.4) is 0 Å². The van der Waals surface area contributed by atoms with Crippen LogP contribution < -0.4 is 5.32 Å². The summed E-state index contributed by atoms with van der Waals surface area (Å²) < 4.78 is 33.6. The smallest absolute Gasteiger partial charge is 0.222 e. The molecule has 8 nitrogen and oxygen atoms in total. The maximum Gasteiger partial charge on any atom is 0.222 e. The van der Waals surface area contributed by atoms with E-state index in [9.17, 15) is 13.2 Å². The maximum absolute atomic E-state index is 12.5. The van der Waals surface area contributed by atoms with Gasteiger partial charge < -0.3 is 10.1 Å². The van der Waals surface area contributed by atoms with Gasteiger partial charge >= 0.3 is 0 Å². The highest BCUT2D eigenvalue weighted by molar-refractivity contribution is 7.89. The minimum Gasteiger partial charge on any atom is -0.381 e. The predicted octanol–water partition coefficient (Wildman–Crippen LogP) is 0.913. The zero-order valence-electron chi connectivity index (χ0n) is 15.3. The maximum atomic E-state index is 12.5. The first-order valence-corrected chi connectivity index (χ1v) is 10.9. The third-order valence-corrected chi connectivity index (χ3v) is 7.05. The fraction of sp³-hybridized carbons (Fsp3) is 0.765. The van der Waals surface area contributed by atoms with Gasteiger partial charge in [-0.05, 0) is 31.2 Å². The van der Waals surface area contributed by atoms with E-state index in [-0.39, 0.29) is 24.1 Å². The number of hydrogen-bond donors (Lipinski definition) is 1. The van der Waals surface area contributed by atoms with E-state index < -0.39 is 10.0 Å². The van der Waals surface area contributed by atoms with Crippen LogP contribution in [0.25, 0.3) is 0 Å². The van der Waals surface area contributed by atoms with E-state index in [4.69, 9.17) is 4.74 Å². The summed E-state index contributed by atoms with van der Waals surface area (Å²) in [6.07, 6.45) is 4.41. The van der Waals surface area contributed by atoms with Gasteiger partial charge in [0.05, 0.1) is 30.5 Å². The minimum absolute atomic E-state index is 0.0577. The number of amides is 1. The van der Waals surface area contributed by atoms with Crippen molar-refractivity contribution in [3.63, 3.8) is 0 Å². The molecule has 0 spiro atoms. The van der Waals surface area contributed by atoms with E-state index in [0.717, 1.165) is 31.7 Å². The van der Waals surface area contributed by atoms with E-state index in [1.165, 1.54) is 4.31 Å². The lowest BCUT2D eigenvalue weighted by atomic mass is 10.0. The number of fused-ring (bicyclic) bond motifs is 1. The van der Waals surface area contributed by atoms with Crippen molar-refractivity contribution in [2.45, 2.75) is 45.2 Å². The van der Waals surface area contributed by atoms with Gasteiger partial charge in [0.25, 0.3) is 0 Å². The van der Waals surface area contributed by atoms with Crippen LogP contribution >= 0.6 is 0 Å². The number of rotatable bonds is 7. The highest BCUT2D eigenvalue weighted by Gasteiger charge is 2.33. The van der Waals surface area contributed by atoms with Crippen LogP contribution in [0.5, 0.6) is 0 Å². The van der Waals surface area contributed by atoms with Crippen molar-refractivity contribution in [2.75, 3.05) is 32.1 Å². The van der Waals surface area contributed by atoms with Gasteiger partial charge in [-0.3, -0.25) is 9.48 Å². The number of nitrogens with one attached hydrogen (secondary N) is 1. The molecule has 1 amide bonds. The Balaban J connectivity index is 1.61. The largest absolute Gasteiger partial charge is 0.381 e. The molecule has 1 aromatic heterocycles. The number of aromatic nitrogens is 2. The number of carbonyl (C=O) groups is 1. The van der Waals surface area contributed by atoms with Crippen LogP contribution in [0.1, 0.15) is 44.3 Å². The molecular weight excluding hydrogens is 356 g/mol. The van der Waals surface area contributed by atoms with Crippen LogP contribution in [0, 0.1) is 5.92 Å². The second-order valence-electron chi connectivity index (χ2n) is 7.09. The lowest BCUT2D eigenvalue weighted by molar-refractivity contribution is -0.122. The third kappa shape index (κ3) is 4.63. The molecule has 2 aliphatic heterocycles. The van der Waals surface area contributed by atoms with Crippen molar-refractivity contribution in [2.24, 2.45) is 5.92 Å². The molecule has 146 valence electrons. The molecule has 0 aromatic carbocycles. The van der Waals surface area contributed by atoms with Crippen molar-refractivity contribution in [1.82, 2.24) is 19.4 Å². The summed E-state index contributed by atoms with van der Waals surface area (Å²) >= 11 is 0. The number of sulfonamides is 1. The molecule has 0 saturated carbocycles. The van der Waals surface area contributed by atoms with E-state index in [1.54, 1.807) is 10.9 Å². The van der Waals surface area contributed by atoms with Gasteiger partial charge in [-0.25, -0.2) is 8.42 Å². The van der Waals surface area contributed by atoms with Gasteiger partial charge in [0.2, 0.25) is 15.9 Å². The Hall–Kier alpha value is -1.45. The van der Waals surface area contributed by atoms with Crippen LogP contribution in [0.4, 0.5) is 0 Å². The average Bonchev–Trinajstić information content (AvgIpc) is 3.10. The normalized spacial score (nSPS) is 22.1. The first-order chi connectivity index (χ1) is 12.5. The summed E-state index contributed by atoms with van der Waals surface area (Å²) in [7, 11) is -3.31. The van der Waals surface area contributed by atoms with Crippen LogP contribution in [0.2, 0.25) is 0 Å². The Morgan fingerprint density at radius 3 is 2.88 bits per heavy atom. The molecule has 0 bridgehead atoms. The minimum atomic E-state index is -3.31. The standard InChI is InChI=1S/C17H28N4O4S/c1-2-9-26(23,24)20-12-15-3-6-19-21(15)16(13-20)10-17(22)18-11-14-4-7-25-8-5-14/h3,6,14,16H,2,4-5,7-13H2,1H3,(H,18,22)/t16-/m0/s1.